The summed E-state index contributed by atoms with van der Waals surface area (Å²) in [4.78, 5) is 43.1. The number of hydrogen-bond donors (Lipinski definition) is 3. The number of nitrogens with one attached hydrogen (secondary N) is 2. The molecule has 1 aliphatic heterocycles. The number of amides is 2. The molecule has 5 aromatic carbocycles. The smallest absolute Gasteiger partial charge is 0.297 e. The Morgan fingerprint density at radius 3 is 2.21 bits per heavy atom. The summed E-state index contributed by atoms with van der Waals surface area (Å²) in [6, 6.07) is 34.3. The van der Waals surface area contributed by atoms with Gasteiger partial charge in [-0.25, -0.2) is 13.1 Å². The van der Waals surface area contributed by atoms with Crippen molar-refractivity contribution in [3.8, 4) is 11.1 Å². The summed E-state index contributed by atoms with van der Waals surface area (Å²) < 4.78 is 29.8. The van der Waals surface area contributed by atoms with Gasteiger partial charge in [0.15, 0.2) is 0 Å². The van der Waals surface area contributed by atoms with E-state index in [2.05, 4.69) is 32.0 Å². The van der Waals surface area contributed by atoms with Gasteiger partial charge in [-0.05, 0) is 89.5 Å². The highest BCUT2D eigenvalue weighted by molar-refractivity contribution is 7.99. The first-order valence-corrected chi connectivity index (χ1v) is 20.7. The van der Waals surface area contributed by atoms with Crippen molar-refractivity contribution in [2.75, 3.05) is 49.6 Å². The molecule has 4 N–H and O–H groups in total. The largest absolute Gasteiger partial charge is 0.393 e. The Morgan fingerprint density at radius 2 is 1.55 bits per heavy atom. The lowest BCUT2D eigenvalue weighted by molar-refractivity contribution is -0.384. The predicted octanol–water partition coefficient (Wildman–Crippen LogP) is 6.95. The molecule has 1 heterocycles. The molecule has 2 amide bonds. The summed E-state index contributed by atoms with van der Waals surface area (Å²) in [6.07, 6.45) is 0.0480. The highest BCUT2D eigenvalue weighted by Gasteiger charge is 2.37. The van der Waals surface area contributed by atoms with Gasteiger partial charge in [-0.3, -0.25) is 24.6 Å². The van der Waals surface area contributed by atoms with Crippen molar-refractivity contribution in [2.24, 2.45) is 0 Å². The number of nitro groups is 1. The highest BCUT2D eigenvalue weighted by Crippen LogP contribution is 2.40. The Kier molecular flexibility index (Phi) is 13.0. The molecule has 1 atom stereocenters. The number of anilines is 2. The zero-order valence-corrected chi connectivity index (χ0v) is 32.9. The van der Waals surface area contributed by atoms with Crippen LogP contribution in [-0.2, 0) is 21.4 Å². The number of rotatable bonds is 14. The van der Waals surface area contributed by atoms with E-state index < -0.39 is 43.3 Å². The number of carbonyl (C=O) groups excluding carboxylic acids is 2. The molecule has 56 heavy (non-hydrogen) atoms. The van der Waals surface area contributed by atoms with Crippen LogP contribution in [-0.4, -0.2) is 69.0 Å². The van der Waals surface area contributed by atoms with E-state index >= 15 is 0 Å². The Labute approximate surface area is 335 Å². The second-order valence-corrected chi connectivity index (χ2v) is 16.5. The zero-order valence-electron chi connectivity index (χ0n) is 30.6. The summed E-state index contributed by atoms with van der Waals surface area (Å²) in [5.41, 5.74) is 9.06. The number of carbonyl (C=O) groups is 2. The number of nitro benzene ring substituents is 1. The molecule has 0 bridgehead atoms. The number of nitrogen functional groups attached to an aromatic ring is 1. The van der Waals surface area contributed by atoms with E-state index in [1.54, 1.807) is 12.1 Å². The minimum Gasteiger partial charge on any atom is -0.393 e. The number of nitrogens with two attached hydrogens (primary N) is 1. The van der Waals surface area contributed by atoms with Crippen molar-refractivity contribution in [3.63, 3.8) is 0 Å². The molecule has 0 radical (unpaired) electrons. The third kappa shape index (κ3) is 9.51. The van der Waals surface area contributed by atoms with Gasteiger partial charge in [0.25, 0.3) is 21.6 Å². The lowest BCUT2D eigenvalue weighted by atomic mass is 9.93. The van der Waals surface area contributed by atoms with Crippen molar-refractivity contribution >= 4 is 62.3 Å². The topological polar surface area (TPSA) is 168 Å². The van der Waals surface area contributed by atoms with Crippen LogP contribution in [0.25, 0.3) is 11.1 Å². The van der Waals surface area contributed by atoms with E-state index in [4.69, 9.17) is 17.3 Å². The van der Waals surface area contributed by atoms with Gasteiger partial charge in [0.05, 0.1) is 21.3 Å². The Hall–Kier alpha value is -5.41. The van der Waals surface area contributed by atoms with Crippen molar-refractivity contribution < 1.29 is 22.9 Å². The van der Waals surface area contributed by atoms with Crippen molar-refractivity contribution in [1.29, 1.82) is 0 Å². The van der Waals surface area contributed by atoms with Crippen LogP contribution in [0.15, 0.2) is 125 Å². The maximum Gasteiger partial charge on any atom is 0.297 e. The third-order valence-corrected chi connectivity index (χ3v) is 12.4. The molecular weight excluding hydrogens is 772 g/mol. The van der Waals surface area contributed by atoms with Crippen LogP contribution in [0.2, 0.25) is 5.02 Å². The summed E-state index contributed by atoms with van der Waals surface area (Å²) in [5, 5.41) is 15.5. The van der Waals surface area contributed by atoms with Crippen LogP contribution in [0.3, 0.4) is 0 Å². The molecule has 5 aromatic rings. The van der Waals surface area contributed by atoms with Crippen LogP contribution in [0.5, 0.6) is 0 Å². The molecule has 1 unspecified atom stereocenters. The molecule has 1 saturated heterocycles. The predicted molar refractivity (Wildman–Crippen MR) is 222 cm³/mol. The molecule has 12 nitrogen and oxygen atoms in total. The number of halogens is 1. The van der Waals surface area contributed by atoms with Crippen LogP contribution in [0.1, 0.15) is 33.8 Å². The highest BCUT2D eigenvalue weighted by atomic mass is 35.5. The average molecular weight is 813 g/mol. The number of nitrogens with zero attached hydrogens (tertiary/aromatic N) is 3. The van der Waals surface area contributed by atoms with E-state index in [0.29, 0.717) is 10.8 Å². The normalized spacial score (nSPS) is 13.9. The molecule has 0 spiro atoms. The first-order valence-electron chi connectivity index (χ1n) is 17.9. The molecular formula is C41H41ClN6O6S2. The van der Waals surface area contributed by atoms with Crippen LogP contribution >= 0.6 is 23.4 Å². The molecule has 0 saturated carbocycles. The van der Waals surface area contributed by atoms with Gasteiger partial charge in [0, 0.05) is 60.9 Å². The summed E-state index contributed by atoms with van der Waals surface area (Å²) in [5.74, 6) is -2.49. The second-order valence-electron chi connectivity index (χ2n) is 13.2. The minimum absolute atomic E-state index is 0.0480. The van der Waals surface area contributed by atoms with Crippen LogP contribution in [0.4, 0.5) is 17.1 Å². The van der Waals surface area contributed by atoms with Gasteiger partial charge in [0.2, 0.25) is 5.91 Å². The quantitative estimate of drug-likeness (QED) is 0.0462. The van der Waals surface area contributed by atoms with Crippen molar-refractivity contribution in [3.05, 3.63) is 147 Å². The van der Waals surface area contributed by atoms with Gasteiger partial charge >= 0.3 is 0 Å². The number of sulfonamides is 1. The summed E-state index contributed by atoms with van der Waals surface area (Å²) in [7, 11) is -3.37. The van der Waals surface area contributed by atoms with Crippen molar-refractivity contribution in [2.45, 2.75) is 28.7 Å². The van der Waals surface area contributed by atoms with Gasteiger partial charge in [-0.1, -0.05) is 66.2 Å². The molecule has 1 aliphatic rings. The molecule has 0 aromatic heterocycles. The van der Waals surface area contributed by atoms with Gasteiger partial charge in [-0.2, -0.15) is 0 Å². The van der Waals surface area contributed by atoms with Crippen LogP contribution < -0.4 is 20.7 Å². The Bertz CT molecular complexity index is 2300. The Balaban J connectivity index is 1.14. The number of benzene rings is 5. The van der Waals surface area contributed by atoms with Gasteiger partial charge < -0.3 is 16.0 Å². The average Bonchev–Trinajstić information content (AvgIpc) is 3.20. The third-order valence-electron chi connectivity index (χ3n) is 9.67. The molecule has 1 fully saturated rings. The fraction of sp³-hybridized carbons (Fsp3) is 0.220. The van der Waals surface area contributed by atoms with Crippen LogP contribution in [0, 0.1) is 10.1 Å². The summed E-state index contributed by atoms with van der Waals surface area (Å²) in [6.45, 7) is 3.91. The first kappa shape index (κ1) is 40.3. The van der Waals surface area contributed by atoms with Gasteiger partial charge in [-0.15, -0.1) is 11.8 Å². The van der Waals surface area contributed by atoms with E-state index in [1.807, 2.05) is 66.7 Å². The molecule has 6 rings (SSSR count). The second kappa shape index (κ2) is 18.0. The molecule has 15 heteroatoms. The Morgan fingerprint density at radius 1 is 0.893 bits per heavy atom. The monoisotopic (exact) mass is 812 g/mol. The molecule has 290 valence electrons. The fourth-order valence-corrected chi connectivity index (χ4v) is 9.12. The lowest BCUT2D eigenvalue weighted by Gasteiger charge is -2.36. The SMILES string of the molecule is CNC(=O)C(CCSc1ccccc1)c1c(S(=O)(=O)NC(=O)c2ccc(N3CCN(Cc4ccccc4-c4ccc(Cl)cc4)CC3)cc2)ccc(N)c1[N+](=O)[O-]. The van der Waals surface area contributed by atoms with E-state index in [-0.39, 0.29) is 23.2 Å². The van der Waals surface area contributed by atoms with E-state index in [9.17, 15) is 28.1 Å². The number of piperazine rings is 1. The standard InChI is InChI=1S/C41H41ClN6O6S2/c1-44-41(50)35(21-26-55-33-8-3-2-4-9-33)38-37(20-19-36(43)39(38)48(51)52)56(53,54)45-40(49)29-13-17-32(18-14-29)47-24-22-46(23-25-47)27-30-7-5-6-10-34(30)28-11-15-31(42)16-12-28/h2-20,35H,21-27,43H2,1H3,(H,44,50)(H,45,49). The summed E-state index contributed by atoms with van der Waals surface area (Å²) >= 11 is 7.53. The molecule has 0 aliphatic carbocycles. The maximum atomic E-state index is 13.9. The first-order chi connectivity index (χ1) is 26.9. The minimum atomic E-state index is -4.73. The lowest BCUT2D eigenvalue weighted by Crippen LogP contribution is -2.46. The number of hydrogen-bond acceptors (Lipinski definition) is 10. The number of likely N-dealkylation sites (N-methyl/N-ethyl adjacent to an activating group) is 1. The van der Waals surface area contributed by atoms with Crippen molar-refractivity contribution in [1.82, 2.24) is 14.9 Å². The van der Waals surface area contributed by atoms with E-state index in [0.717, 1.165) is 66.6 Å². The van der Waals surface area contributed by atoms with E-state index in [1.165, 1.54) is 36.5 Å². The van der Waals surface area contributed by atoms with Gasteiger partial charge in [0.1, 0.15) is 5.69 Å². The fourth-order valence-electron chi connectivity index (χ4n) is 6.81. The number of thioether (sulfide) groups is 1. The zero-order chi connectivity index (χ0) is 39.8. The maximum absolute atomic E-state index is 13.9.